The summed E-state index contributed by atoms with van der Waals surface area (Å²) >= 11 is 0. The zero-order valence-corrected chi connectivity index (χ0v) is 8.47. The summed E-state index contributed by atoms with van der Waals surface area (Å²) in [7, 11) is 0. The van der Waals surface area contributed by atoms with E-state index >= 15 is 0 Å². The number of nitrogens with zero attached hydrogens (tertiary/aromatic N) is 1. The summed E-state index contributed by atoms with van der Waals surface area (Å²) in [6.07, 6.45) is 3.06. The van der Waals surface area contributed by atoms with Crippen molar-refractivity contribution in [3.63, 3.8) is 0 Å². The number of aryl methyl sites for hydroxylation is 2. The number of aromatic nitrogens is 1. The van der Waals surface area contributed by atoms with Gasteiger partial charge in [0.2, 0.25) is 0 Å². The minimum Gasteiger partial charge on any atom is -0.261 e. The molecular weight excluding hydrogens is 165 g/mol. The maximum absolute atomic E-state index is 13.1. The third-order valence-corrected chi connectivity index (χ3v) is 1.95. The second-order valence-electron chi connectivity index (χ2n) is 4.05. The predicted octanol–water partition coefficient (Wildman–Crippen LogP) is 3.07. The van der Waals surface area contributed by atoms with Crippen molar-refractivity contribution in [2.24, 2.45) is 0 Å². The SMILES string of the molecule is Cc1ccc(CCC(C)(C)F)nc1. The monoisotopic (exact) mass is 181 g/mol. The molecule has 72 valence electrons. The lowest BCUT2D eigenvalue weighted by molar-refractivity contribution is 0.201. The molecule has 0 aliphatic heterocycles. The van der Waals surface area contributed by atoms with E-state index in [-0.39, 0.29) is 0 Å². The van der Waals surface area contributed by atoms with Crippen LogP contribution in [0.15, 0.2) is 18.3 Å². The van der Waals surface area contributed by atoms with Gasteiger partial charge >= 0.3 is 0 Å². The molecule has 0 aliphatic rings. The van der Waals surface area contributed by atoms with Crippen LogP contribution in [0, 0.1) is 6.92 Å². The van der Waals surface area contributed by atoms with Gasteiger partial charge in [0.15, 0.2) is 0 Å². The molecule has 2 heteroatoms. The Morgan fingerprint density at radius 1 is 1.38 bits per heavy atom. The third kappa shape index (κ3) is 4.02. The standard InChI is InChI=1S/C11H16FN/c1-9-4-5-10(13-8-9)6-7-11(2,3)12/h4-5,8H,6-7H2,1-3H3. The largest absolute Gasteiger partial charge is 0.261 e. The molecule has 0 spiro atoms. The van der Waals surface area contributed by atoms with Crippen molar-refractivity contribution in [1.82, 2.24) is 4.98 Å². The molecule has 1 heterocycles. The maximum atomic E-state index is 13.1. The Labute approximate surface area is 79.0 Å². The molecular formula is C11H16FN. The van der Waals surface area contributed by atoms with Gasteiger partial charge in [-0.1, -0.05) is 6.07 Å². The normalized spacial score (nSPS) is 11.7. The van der Waals surface area contributed by atoms with Crippen molar-refractivity contribution in [2.45, 2.75) is 39.3 Å². The highest BCUT2D eigenvalue weighted by Gasteiger charge is 2.14. The van der Waals surface area contributed by atoms with Crippen LogP contribution < -0.4 is 0 Å². The number of rotatable bonds is 3. The topological polar surface area (TPSA) is 12.9 Å². The first-order chi connectivity index (χ1) is 5.97. The van der Waals surface area contributed by atoms with E-state index in [0.29, 0.717) is 12.8 Å². The molecule has 1 aromatic rings. The number of hydrogen-bond acceptors (Lipinski definition) is 1. The van der Waals surface area contributed by atoms with Crippen LogP contribution in [0.4, 0.5) is 4.39 Å². The number of halogens is 1. The number of alkyl halides is 1. The van der Waals surface area contributed by atoms with Crippen LogP contribution in [-0.2, 0) is 6.42 Å². The molecule has 0 aliphatic carbocycles. The first kappa shape index (κ1) is 10.2. The Bertz CT molecular complexity index is 258. The molecule has 0 N–H and O–H groups in total. The Morgan fingerprint density at radius 3 is 2.54 bits per heavy atom. The highest BCUT2D eigenvalue weighted by atomic mass is 19.1. The third-order valence-electron chi connectivity index (χ3n) is 1.95. The van der Waals surface area contributed by atoms with Crippen LogP contribution in [-0.4, -0.2) is 10.7 Å². The van der Waals surface area contributed by atoms with Gasteiger partial charge in [-0.15, -0.1) is 0 Å². The molecule has 1 aromatic heterocycles. The summed E-state index contributed by atoms with van der Waals surface area (Å²) in [5.41, 5.74) is 1.02. The molecule has 0 unspecified atom stereocenters. The second kappa shape index (κ2) is 3.86. The molecule has 0 bridgehead atoms. The van der Waals surface area contributed by atoms with Crippen LogP contribution in [0.3, 0.4) is 0 Å². The van der Waals surface area contributed by atoms with Crippen LogP contribution in [0.2, 0.25) is 0 Å². The Morgan fingerprint density at radius 2 is 2.08 bits per heavy atom. The predicted molar refractivity (Wildman–Crippen MR) is 52.5 cm³/mol. The lowest BCUT2D eigenvalue weighted by Crippen LogP contribution is -2.13. The summed E-state index contributed by atoms with van der Waals surface area (Å²) < 4.78 is 13.1. The quantitative estimate of drug-likeness (QED) is 0.698. The van der Waals surface area contributed by atoms with Crippen LogP contribution in [0.1, 0.15) is 31.5 Å². The van der Waals surface area contributed by atoms with Crippen LogP contribution in [0.5, 0.6) is 0 Å². The lowest BCUT2D eigenvalue weighted by Gasteiger charge is -2.12. The molecule has 0 fully saturated rings. The van der Waals surface area contributed by atoms with E-state index in [9.17, 15) is 4.39 Å². The van der Waals surface area contributed by atoms with E-state index in [1.54, 1.807) is 13.8 Å². The van der Waals surface area contributed by atoms with Crippen molar-refractivity contribution < 1.29 is 4.39 Å². The molecule has 0 saturated carbocycles. The summed E-state index contributed by atoms with van der Waals surface area (Å²) in [6.45, 7) is 5.19. The van der Waals surface area contributed by atoms with Gasteiger partial charge in [0.05, 0.1) is 0 Å². The van der Waals surface area contributed by atoms with Gasteiger partial charge in [-0.25, -0.2) is 4.39 Å². The molecule has 1 nitrogen and oxygen atoms in total. The molecule has 0 radical (unpaired) electrons. The van der Waals surface area contributed by atoms with Crippen molar-refractivity contribution in [2.75, 3.05) is 0 Å². The molecule has 0 atom stereocenters. The van der Waals surface area contributed by atoms with E-state index in [2.05, 4.69) is 4.98 Å². The van der Waals surface area contributed by atoms with Crippen LogP contribution >= 0.6 is 0 Å². The van der Waals surface area contributed by atoms with Crippen molar-refractivity contribution in [3.05, 3.63) is 29.6 Å². The van der Waals surface area contributed by atoms with E-state index in [1.165, 1.54) is 0 Å². The van der Waals surface area contributed by atoms with Gasteiger partial charge in [-0.2, -0.15) is 0 Å². The average molecular weight is 181 g/mol. The van der Waals surface area contributed by atoms with E-state index in [0.717, 1.165) is 11.3 Å². The number of pyridine rings is 1. The fourth-order valence-corrected chi connectivity index (χ4v) is 1.07. The van der Waals surface area contributed by atoms with Gasteiger partial charge in [-0.3, -0.25) is 4.98 Å². The first-order valence-electron chi connectivity index (χ1n) is 4.58. The minimum atomic E-state index is -1.09. The van der Waals surface area contributed by atoms with Gasteiger partial charge in [0.1, 0.15) is 5.67 Å². The maximum Gasteiger partial charge on any atom is 0.105 e. The fourth-order valence-electron chi connectivity index (χ4n) is 1.07. The number of hydrogen-bond donors (Lipinski definition) is 0. The average Bonchev–Trinajstić information content (AvgIpc) is 2.02. The molecule has 0 aromatic carbocycles. The Balaban J connectivity index is 2.51. The van der Waals surface area contributed by atoms with Gasteiger partial charge in [0.25, 0.3) is 0 Å². The highest BCUT2D eigenvalue weighted by Crippen LogP contribution is 2.16. The van der Waals surface area contributed by atoms with E-state index in [1.807, 2.05) is 25.3 Å². The molecule has 0 amide bonds. The molecule has 13 heavy (non-hydrogen) atoms. The van der Waals surface area contributed by atoms with E-state index < -0.39 is 5.67 Å². The highest BCUT2D eigenvalue weighted by molar-refractivity contribution is 5.12. The lowest BCUT2D eigenvalue weighted by atomic mass is 10.0. The summed E-state index contributed by atoms with van der Waals surface area (Å²) in [6, 6.07) is 3.97. The summed E-state index contributed by atoms with van der Waals surface area (Å²) in [5, 5.41) is 0. The van der Waals surface area contributed by atoms with Gasteiger partial charge < -0.3 is 0 Å². The zero-order chi connectivity index (χ0) is 9.90. The molecule has 0 saturated heterocycles. The Kier molecular flexibility index (Phi) is 3.02. The van der Waals surface area contributed by atoms with Crippen molar-refractivity contribution >= 4 is 0 Å². The smallest absolute Gasteiger partial charge is 0.105 e. The summed E-state index contributed by atoms with van der Waals surface area (Å²) in [5.74, 6) is 0. The molecule has 1 rings (SSSR count). The first-order valence-corrected chi connectivity index (χ1v) is 4.58. The minimum absolute atomic E-state index is 0.531. The van der Waals surface area contributed by atoms with Gasteiger partial charge in [-0.05, 0) is 45.2 Å². The zero-order valence-electron chi connectivity index (χ0n) is 8.47. The van der Waals surface area contributed by atoms with E-state index in [4.69, 9.17) is 0 Å². The fraction of sp³-hybridized carbons (Fsp3) is 0.545. The van der Waals surface area contributed by atoms with Crippen LogP contribution in [0.25, 0.3) is 0 Å². The second-order valence-corrected chi connectivity index (χ2v) is 4.05. The van der Waals surface area contributed by atoms with Gasteiger partial charge in [0, 0.05) is 11.9 Å². The van der Waals surface area contributed by atoms with Crippen molar-refractivity contribution in [1.29, 1.82) is 0 Å². The Hall–Kier alpha value is -0.920. The summed E-state index contributed by atoms with van der Waals surface area (Å²) in [4.78, 5) is 4.21. The van der Waals surface area contributed by atoms with Crippen molar-refractivity contribution in [3.8, 4) is 0 Å².